The second-order valence-corrected chi connectivity index (χ2v) is 10.7. The molecular weight excluding hydrogens is 480 g/mol. The van der Waals surface area contributed by atoms with Gasteiger partial charge in [-0.3, -0.25) is 19.2 Å². The van der Waals surface area contributed by atoms with Crippen molar-refractivity contribution in [2.24, 2.45) is 11.8 Å². The van der Waals surface area contributed by atoms with Crippen LogP contribution in [0.25, 0.3) is 10.2 Å². The van der Waals surface area contributed by atoms with E-state index in [9.17, 15) is 24.3 Å². The molecule has 5 heterocycles. The Bertz CT molecular complexity index is 1140. The molecule has 9 nitrogen and oxygen atoms in total. The normalized spacial score (nSPS) is 27.1. The molecule has 0 aromatic carbocycles. The highest BCUT2D eigenvalue weighted by molar-refractivity contribution is 7.17. The molecule has 1 saturated carbocycles. The lowest BCUT2D eigenvalue weighted by molar-refractivity contribution is -0.137. The van der Waals surface area contributed by atoms with Crippen LogP contribution in [0.2, 0.25) is 5.02 Å². The number of nitrogens with one attached hydrogen (secondary N) is 3. The van der Waals surface area contributed by atoms with Crippen LogP contribution in [-0.4, -0.2) is 69.8 Å². The van der Waals surface area contributed by atoms with Gasteiger partial charge in [-0.15, -0.1) is 11.3 Å². The molecule has 0 spiro atoms. The number of aliphatic hydroxyl groups excluding tert-OH is 1. The largest absolute Gasteiger partial charge is 0.389 e. The Kier molecular flexibility index (Phi) is 6.39. The smallest absolute Gasteiger partial charge is 0.271 e. The van der Waals surface area contributed by atoms with Gasteiger partial charge in [0.15, 0.2) is 5.78 Å². The second kappa shape index (κ2) is 9.31. The maximum atomic E-state index is 13.6. The van der Waals surface area contributed by atoms with Gasteiger partial charge >= 0.3 is 0 Å². The maximum absolute atomic E-state index is 13.6. The molecule has 182 valence electrons. The summed E-state index contributed by atoms with van der Waals surface area (Å²) >= 11 is 7.65. The number of aliphatic hydroxyl groups is 1. The molecule has 4 N–H and O–H groups in total. The molecule has 3 amide bonds. The number of hydrogen-bond acceptors (Lipinski definition) is 6. The van der Waals surface area contributed by atoms with Crippen LogP contribution < -0.4 is 10.6 Å². The Morgan fingerprint density at radius 1 is 1.24 bits per heavy atom. The molecule has 4 aliphatic rings. The lowest BCUT2D eigenvalue weighted by Crippen LogP contribution is -2.64. The monoisotopic (exact) mass is 506 g/mol. The van der Waals surface area contributed by atoms with Crippen LogP contribution >= 0.6 is 22.9 Å². The fourth-order valence-electron chi connectivity index (χ4n) is 5.71. The van der Waals surface area contributed by atoms with Crippen molar-refractivity contribution in [1.29, 1.82) is 0 Å². The number of amides is 3. The summed E-state index contributed by atoms with van der Waals surface area (Å²) in [4.78, 5) is 56.3. The average Bonchev–Trinajstić information content (AvgIpc) is 3.55. The molecule has 3 aliphatic heterocycles. The summed E-state index contributed by atoms with van der Waals surface area (Å²) in [6.45, 7) is -0.192. The molecule has 2 aromatic rings. The zero-order valence-corrected chi connectivity index (χ0v) is 20.1. The predicted octanol–water partition coefficient (Wildman–Crippen LogP) is 1.84. The summed E-state index contributed by atoms with van der Waals surface area (Å²) in [6.07, 6.45) is 4.05. The fourth-order valence-corrected chi connectivity index (χ4v) is 6.86. The van der Waals surface area contributed by atoms with Crippen LogP contribution in [0.1, 0.15) is 49.0 Å². The standard InChI is InChI=1S/C23H27ClN4O5S/c24-14-10-34-18-8-16(26-19(14)18)23(33)28-13-3-1-11(2-4-13)20(28)22(32)27-15(17(30)9-29)7-12-5-6-25-21(12)31/h8,10-13,15,20,26,29H,1-7,9H2,(H,25,31)(H,27,32)/t11?,12-,13?,15+,20-/m1/s1. The summed E-state index contributed by atoms with van der Waals surface area (Å²) in [5.74, 6) is -1.74. The van der Waals surface area contributed by atoms with Gasteiger partial charge < -0.3 is 25.6 Å². The Morgan fingerprint density at radius 3 is 2.65 bits per heavy atom. The fraction of sp³-hybridized carbons (Fsp3) is 0.565. The molecular formula is C23H27ClN4O5S. The third kappa shape index (κ3) is 4.12. The van der Waals surface area contributed by atoms with Crippen LogP contribution in [0.5, 0.6) is 0 Å². The zero-order valence-electron chi connectivity index (χ0n) is 18.5. The van der Waals surface area contributed by atoms with Crippen molar-refractivity contribution in [2.75, 3.05) is 13.2 Å². The number of Topliss-reactive ketones (excluding diaryl/α,β-unsaturated/α-hetero) is 1. The van der Waals surface area contributed by atoms with Gasteiger partial charge in [-0.05, 0) is 50.5 Å². The van der Waals surface area contributed by atoms with Crippen molar-refractivity contribution in [2.45, 2.75) is 56.7 Å². The minimum Gasteiger partial charge on any atom is -0.389 e. The van der Waals surface area contributed by atoms with Crippen molar-refractivity contribution < 1.29 is 24.3 Å². The summed E-state index contributed by atoms with van der Waals surface area (Å²) in [5, 5.41) is 17.3. The van der Waals surface area contributed by atoms with Crippen LogP contribution in [0.15, 0.2) is 11.4 Å². The number of carbonyl (C=O) groups is 4. The molecule has 2 aromatic heterocycles. The second-order valence-electron chi connectivity index (χ2n) is 9.43. The lowest BCUT2D eigenvalue weighted by Gasteiger charge is -2.50. The van der Waals surface area contributed by atoms with E-state index < -0.39 is 36.3 Å². The maximum Gasteiger partial charge on any atom is 0.271 e. The van der Waals surface area contributed by atoms with E-state index in [0.717, 1.165) is 30.4 Å². The number of ketones is 1. The molecule has 4 fully saturated rings. The summed E-state index contributed by atoms with van der Waals surface area (Å²) in [5.41, 5.74) is 1.10. The number of aromatic nitrogens is 1. The zero-order chi connectivity index (χ0) is 24.0. The topological polar surface area (TPSA) is 132 Å². The third-order valence-electron chi connectivity index (χ3n) is 7.47. The summed E-state index contributed by atoms with van der Waals surface area (Å²) in [6, 6.07) is 0.0293. The molecule has 3 atom stereocenters. The van der Waals surface area contributed by atoms with E-state index in [-0.39, 0.29) is 30.2 Å². The Balaban J connectivity index is 1.38. The van der Waals surface area contributed by atoms with E-state index >= 15 is 0 Å². The lowest BCUT2D eigenvalue weighted by atomic mass is 9.74. The molecule has 0 unspecified atom stereocenters. The first-order chi connectivity index (χ1) is 16.4. The Hall–Kier alpha value is -2.43. The Morgan fingerprint density at radius 2 is 2.00 bits per heavy atom. The van der Waals surface area contributed by atoms with Crippen molar-refractivity contribution in [3.05, 3.63) is 22.2 Å². The van der Waals surface area contributed by atoms with E-state index in [2.05, 4.69) is 15.6 Å². The number of piperidine rings is 2. The van der Waals surface area contributed by atoms with E-state index in [4.69, 9.17) is 11.6 Å². The quantitative estimate of drug-likeness (QED) is 0.455. The van der Waals surface area contributed by atoms with Crippen LogP contribution in [-0.2, 0) is 14.4 Å². The van der Waals surface area contributed by atoms with E-state index in [1.165, 1.54) is 11.3 Å². The van der Waals surface area contributed by atoms with Gasteiger partial charge in [-0.2, -0.15) is 0 Å². The number of thiophene rings is 1. The first kappa shape index (κ1) is 23.3. The molecule has 0 radical (unpaired) electrons. The number of fused-ring (bicyclic) bond motifs is 4. The van der Waals surface area contributed by atoms with Gasteiger partial charge in [0.05, 0.1) is 21.3 Å². The number of hydrogen-bond donors (Lipinski definition) is 4. The summed E-state index contributed by atoms with van der Waals surface area (Å²) in [7, 11) is 0. The van der Waals surface area contributed by atoms with Crippen molar-refractivity contribution in [3.8, 4) is 0 Å². The van der Waals surface area contributed by atoms with Crippen molar-refractivity contribution in [3.63, 3.8) is 0 Å². The van der Waals surface area contributed by atoms with Crippen LogP contribution in [0.4, 0.5) is 0 Å². The van der Waals surface area contributed by atoms with E-state index in [1.807, 2.05) is 0 Å². The highest BCUT2D eigenvalue weighted by Crippen LogP contribution is 2.41. The Labute approximate surface area is 205 Å². The van der Waals surface area contributed by atoms with Gasteiger partial charge in [0.25, 0.3) is 5.91 Å². The number of nitrogens with zero attached hydrogens (tertiary/aromatic N) is 1. The minimum absolute atomic E-state index is 0.00623. The number of carbonyl (C=O) groups excluding carboxylic acids is 4. The number of H-pyrrole nitrogens is 1. The van der Waals surface area contributed by atoms with Gasteiger partial charge in [0.1, 0.15) is 18.3 Å². The van der Waals surface area contributed by atoms with E-state index in [0.29, 0.717) is 29.2 Å². The van der Waals surface area contributed by atoms with Crippen molar-refractivity contribution >= 4 is 56.7 Å². The summed E-state index contributed by atoms with van der Waals surface area (Å²) < 4.78 is 0.875. The van der Waals surface area contributed by atoms with Gasteiger partial charge in [-0.25, -0.2) is 0 Å². The molecule has 11 heteroatoms. The number of aromatic amines is 1. The first-order valence-electron chi connectivity index (χ1n) is 11.7. The van der Waals surface area contributed by atoms with Crippen LogP contribution in [0, 0.1) is 11.8 Å². The number of rotatable bonds is 7. The SMILES string of the molecule is O=C1NCC[C@@H]1C[C@H](NC(=O)[C@H]1C2CCC(CC2)N1C(=O)c1cc2scc(Cl)c2[nH]1)C(=O)CO. The molecule has 2 bridgehead atoms. The average molecular weight is 507 g/mol. The van der Waals surface area contributed by atoms with Crippen LogP contribution in [0.3, 0.4) is 0 Å². The first-order valence-corrected chi connectivity index (χ1v) is 12.9. The number of halogens is 1. The molecule has 34 heavy (non-hydrogen) atoms. The van der Waals surface area contributed by atoms with Crippen molar-refractivity contribution in [1.82, 2.24) is 20.5 Å². The van der Waals surface area contributed by atoms with Gasteiger partial charge in [0.2, 0.25) is 11.8 Å². The third-order valence-corrected chi connectivity index (χ3v) is 8.83. The van der Waals surface area contributed by atoms with Gasteiger partial charge in [0, 0.05) is 23.9 Å². The molecule has 1 aliphatic carbocycles. The molecule has 3 saturated heterocycles. The predicted molar refractivity (Wildman–Crippen MR) is 127 cm³/mol. The highest BCUT2D eigenvalue weighted by Gasteiger charge is 2.48. The minimum atomic E-state index is -0.974. The van der Waals surface area contributed by atoms with E-state index in [1.54, 1.807) is 16.3 Å². The highest BCUT2D eigenvalue weighted by atomic mass is 35.5. The van der Waals surface area contributed by atoms with Gasteiger partial charge in [-0.1, -0.05) is 11.6 Å². The molecule has 6 rings (SSSR count).